The van der Waals surface area contributed by atoms with E-state index >= 15 is 0 Å². The van der Waals surface area contributed by atoms with Crippen LogP contribution < -0.4 is 0 Å². The molecule has 1 fully saturated rings. The van der Waals surface area contributed by atoms with Crippen molar-refractivity contribution in [3.63, 3.8) is 0 Å². The van der Waals surface area contributed by atoms with Crippen LogP contribution in [0.25, 0.3) is 0 Å². The van der Waals surface area contributed by atoms with E-state index in [2.05, 4.69) is 11.0 Å². The van der Waals surface area contributed by atoms with E-state index in [0.29, 0.717) is 5.56 Å². The molecule has 94 valence electrons. The van der Waals surface area contributed by atoms with Crippen molar-refractivity contribution in [3.05, 3.63) is 35.4 Å². The number of hydrogen-bond acceptors (Lipinski definition) is 3. The molecule has 1 saturated heterocycles. The predicted molar refractivity (Wildman–Crippen MR) is 66.8 cm³/mol. The van der Waals surface area contributed by atoms with E-state index < -0.39 is 5.97 Å². The van der Waals surface area contributed by atoms with Crippen molar-refractivity contribution in [3.8, 4) is 6.07 Å². The van der Waals surface area contributed by atoms with Crippen LogP contribution in [0.1, 0.15) is 24.0 Å². The van der Waals surface area contributed by atoms with E-state index in [1.54, 1.807) is 0 Å². The van der Waals surface area contributed by atoms with Crippen LogP contribution in [0.5, 0.6) is 0 Å². The normalized spacial score (nSPS) is 19.6. The highest BCUT2D eigenvalue weighted by molar-refractivity contribution is 5.67. The Labute approximate surface area is 106 Å². The van der Waals surface area contributed by atoms with E-state index in [4.69, 9.17) is 10.4 Å². The first-order chi connectivity index (χ1) is 8.69. The molecular weight excluding hydrogens is 228 g/mol. The Kier molecular flexibility index (Phi) is 3.96. The number of carboxylic acids is 1. The molecule has 0 saturated carbocycles. The lowest BCUT2D eigenvalue weighted by atomic mass is 10.1. The van der Waals surface area contributed by atoms with E-state index in [1.165, 1.54) is 0 Å². The highest BCUT2D eigenvalue weighted by Crippen LogP contribution is 2.22. The van der Waals surface area contributed by atoms with Gasteiger partial charge in [0.2, 0.25) is 0 Å². The molecular formula is C14H16N2O2. The number of hydrogen-bond donors (Lipinski definition) is 1. The van der Waals surface area contributed by atoms with Crippen molar-refractivity contribution >= 4 is 5.97 Å². The monoisotopic (exact) mass is 244 g/mol. The van der Waals surface area contributed by atoms with Crippen molar-refractivity contribution in [1.29, 1.82) is 5.26 Å². The van der Waals surface area contributed by atoms with Gasteiger partial charge in [0.25, 0.3) is 0 Å². The second-order valence-electron chi connectivity index (χ2n) is 4.76. The molecule has 1 heterocycles. The molecule has 0 amide bonds. The van der Waals surface area contributed by atoms with Crippen LogP contribution in [0.4, 0.5) is 0 Å². The maximum Gasteiger partial charge on any atom is 0.303 e. The van der Waals surface area contributed by atoms with Gasteiger partial charge in [-0.05, 0) is 30.5 Å². The Balaban J connectivity index is 1.95. The second-order valence-corrected chi connectivity index (χ2v) is 4.76. The van der Waals surface area contributed by atoms with Crippen molar-refractivity contribution in [2.24, 2.45) is 5.92 Å². The molecule has 1 aromatic rings. The third kappa shape index (κ3) is 3.08. The minimum Gasteiger partial charge on any atom is -0.481 e. The molecule has 4 nitrogen and oxygen atoms in total. The number of nitrogens with zero attached hydrogens (tertiary/aromatic N) is 2. The average Bonchev–Trinajstić information content (AvgIpc) is 2.76. The van der Waals surface area contributed by atoms with Crippen molar-refractivity contribution < 1.29 is 9.90 Å². The fourth-order valence-electron chi connectivity index (χ4n) is 2.48. The van der Waals surface area contributed by atoms with Gasteiger partial charge in [-0.3, -0.25) is 9.69 Å². The highest BCUT2D eigenvalue weighted by Gasteiger charge is 2.24. The zero-order chi connectivity index (χ0) is 13.0. The molecule has 18 heavy (non-hydrogen) atoms. The summed E-state index contributed by atoms with van der Waals surface area (Å²) >= 11 is 0. The SMILES string of the molecule is N#Cc1ccccc1CN1CCC(CC(=O)O)C1. The molecule has 0 spiro atoms. The van der Waals surface area contributed by atoms with Gasteiger partial charge in [-0.1, -0.05) is 18.2 Å². The molecule has 1 aliphatic heterocycles. The summed E-state index contributed by atoms with van der Waals surface area (Å²) < 4.78 is 0. The number of carboxylic acid groups (broad SMARTS) is 1. The summed E-state index contributed by atoms with van der Waals surface area (Å²) in [5, 5.41) is 17.8. The van der Waals surface area contributed by atoms with Crippen LogP contribution in [0.15, 0.2) is 24.3 Å². The summed E-state index contributed by atoms with van der Waals surface area (Å²) in [5.41, 5.74) is 1.73. The molecule has 2 rings (SSSR count). The van der Waals surface area contributed by atoms with Gasteiger partial charge in [0.05, 0.1) is 11.6 Å². The van der Waals surface area contributed by atoms with Gasteiger partial charge in [0.1, 0.15) is 0 Å². The first kappa shape index (κ1) is 12.6. The van der Waals surface area contributed by atoms with E-state index in [1.807, 2.05) is 24.3 Å². The number of aliphatic carboxylic acids is 1. The van der Waals surface area contributed by atoms with Crippen molar-refractivity contribution in [1.82, 2.24) is 4.90 Å². The summed E-state index contributed by atoms with van der Waals surface area (Å²) in [7, 11) is 0. The maximum absolute atomic E-state index is 10.7. The Bertz CT molecular complexity index is 479. The number of carbonyl (C=O) groups is 1. The third-order valence-electron chi connectivity index (χ3n) is 3.37. The van der Waals surface area contributed by atoms with Crippen LogP contribution in [-0.4, -0.2) is 29.1 Å². The Morgan fingerprint density at radius 1 is 1.50 bits per heavy atom. The number of likely N-dealkylation sites (tertiary alicyclic amines) is 1. The first-order valence-corrected chi connectivity index (χ1v) is 6.11. The van der Waals surface area contributed by atoms with Crippen molar-refractivity contribution in [2.45, 2.75) is 19.4 Å². The summed E-state index contributed by atoms with van der Waals surface area (Å²) in [6.07, 6.45) is 1.18. The predicted octanol–water partition coefficient (Wildman–Crippen LogP) is 1.85. The second kappa shape index (κ2) is 5.65. The number of rotatable bonds is 4. The largest absolute Gasteiger partial charge is 0.481 e. The first-order valence-electron chi connectivity index (χ1n) is 6.11. The standard InChI is InChI=1S/C14H16N2O2/c15-8-12-3-1-2-4-13(12)10-16-6-5-11(9-16)7-14(17)18/h1-4,11H,5-7,9-10H2,(H,17,18). The van der Waals surface area contributed by atoms with Crippen LogP contribution in [0.3, 0.4) is 0 Å². The van der Waals surface area contributed by atoms with Crippen LogP contribution in [0, 0.1) is 17.2 Å². The van der Waals surface area contributed by atoms with Gasteiger partial charge in [0.15, 0.2) is 0 Å². The molecule has 0 aromatic heterocycles. The molecule has 1 atom stereocenters. The van der Waals surface area contributed by atoms with Gasteiger partial charge < -0.3 is 5.11 Å². The molecule has 4 heteroatoms. The quantitative estimate of drug-likeness (QED) is 0.878. The average molecular weight is 244 g/mol. The zero-order valence-electron chi connectivity index (χ0n) is 10.2. The Hall–Kier alpha value is -1.86. The summed E-state index contributed by atoms with van der Waals surface area (Å²) in [6.45, 7) is 2.46. The lowest BCUT2D eigenvalue weighted by Gasteiger charge is -2.16. The lowest BCUT2D eigenvalue weighted by Crippen LogP contribution is -2.21. The summed E-state index contributed by atoms with van der Waals surface area (Å²) in [6, 6.07) is 9.77. The fourth-order valence-corrected chi connectivity index (χ4v) is 2.48. The van der Waals surface area contributed by atoms with Crippen LogP contribution >= 0.6 is 0 Å². The van der Waals surface area contributed by atoms with Gasteiger partial charge in [-0.15, -0.1) is 0 Å². The molecule has 0 bridgehead atoms. The van der Waals surface area contributed by atoms with E-state index in [-0.39, 0.29) is 12.3 Å². The lowest BCUT2D eigenvalue weighted by molar-refractivity contribution is -0.138. The minimum absolute atomic E-state index is 0.246. The Morgan fingerprint density at radius 2 is 2.28 bits per heavy atom. The molecule has 1 unspecified atom stereocenters. The maximum atomic E-state index is 10.7. The summed E-state index contributed by atoms with van der Waals surface area (Å²) in [4.78, 5) is 12.9. The molecule has 1 aliphatic rings. The fraction of sp³-hybridized carbons (Fsp3) is 0.429. The topological polar surface area (TPSA) is 64.3 Å². The third-order valence-corrected chi connectivity index (χ3v) is 3.37. The highest BCUT2D eigenvalue weighted by atomic mass is 16.4. The number of nitriles is 1. The molecule has 0 radical (unpaired) electrons. The van der Waals surface area contributed by atoms with Crippen LogP contribution in [-0.2, 0) is 11.3 Å². The smallest absolute Gasteiger partial charge is 0.303 e. The molecule has 1 N–H and O–H groups in total. The molecule has 0 aliphatic carbocycles. The van der Waals surface area contributed by atoms with Gasteiger partial charge in [-0.2, -0.15) is 5.26 Å². The minimum atomic E-state index is -0.723. The van der Waals surface area contributed by atoms with E-state index in [9.17, 15) is 4.79 Å². The number of benzene rings is 1. The van der Waals surface area contributed by atoms with Gasteiger partial charge >= 0.3 is 5.97 Å². The molecule has 1 aromatic carbocycles. The Morgan fingerprint density at radius 3 is 3.00 bits per heavy atom. The van der Waals surface area contributed by atoms with E-state index in [0.717, 1.165) is 31.6 Å². The summed E-state index contributed by atoms with van der Waals surface area (Å²) in [5.74, 6) is -0.476. The zero-order valence-corrected chi connectivity index (χ0v) is 10.2. The van der Waals surface area contributed by atoms with Gasteiger partial charge in [-0.25, -0.2) is 0 Å². The van der Waals surface area contributed by atoms with Crippen molar-refractivity contribution in [2.75, 3.05) is 13.1 Å². The van der Waals surface area contributed by atoms with Crippen LogP contribution in [0.2, 0.25) is 0 Å². The van der Waals surface area contributed by atoms with Gasteiger partial charge in [0, 0.05) is 19.5 Å².